The Balaban J connectivity index is 0.000000180. The summed E-state index contributed by atoms with van der Waals surface area (Å²) in [5, 5.41) is 34.7. The number of hydrogen-bond donors (Lipinski definition) is 4. The first kappa shape index (κ1) is 13.9. The maximum atomic E-state index is 12.2. The van der Waals surface area contributed by atoms with E-state index >= 15 is 0 Å². The lowest BCUT2D eigenvalue weighted by Crippen LogP contribution is -1.74. The first-order chi connectivity index (χ1) is 8.43. The van der Waals surface area contributed by atoms with Crippen molar-refractivity contribution in [3.8, 4) is 23.0 Å². The number of phenols is 4. The van der Waals surface area contributed by atoms with Crippen molar-refractivity contribution in [1.29, 1.82) is 0 Å². The van der Waals surface area contributed by atoms with E-state index in [-0.39, 0.29) is 16.5 Å². The summed E-state index contributed by atoms with van der Waals surface area (Å²) in [6, 6.07) is 8.00. The van der Waals surface area contributed by atoms with Crippen LogP contribution in [-0.4, -0.2) is 20.4 Å². The Morgan fingerprint density at radius 1 is 0.722 bits per heavy atom. The third-order valence-corrected chi connectivity index (χ3v) is 2.30. The van der Waals surface area contributed by atoms with Crippen LogP contribution in [0, 0.1) is 5.82 Å². The fourth-order valence-electron chi connectivity index (χ4n) is 1.02. The van der Waals surface area contributed by atoms with E-state index in [4.69, 9.17) is 32.0 Å². The Morgan fingerprint density at radius 3 is 1.33 bits per heavy atom. The zero-order chi connectivity index (χ0) is 13.7. The minimum absolute atomic E-state index is 0.00231. The highest BCUT2D eigenvalue weighted by Gasteiger charge is 2.02. The molecule has 0 saturated heterocycles. The summed E-state index contributed by atoms with van der Waals surface area (Å²) in [4.78, 5) is 0. The van der Waals surface area contributed by atoms with Crippen LogP contribution in [0.25, 0.3) is 0 Å². The van der Waals surface area contributed by atoms with Crippen molar-refractivity contribution in [3.63, 3.8) is 0 Å². The number of rotatable bonds is 0. The third-order valence-electron chi connectivity index (χ3n) is 1.92. The monoisotopic (exact) mass is 272 g/mol. The van der Waals surface area contributed by atoms with Gasteiger partial charge in [-0.1, -0.05) is 23.7 Å². The molecule has 4 nitrogen and oxygen atoms in total. The largest absolute Gasteiger partial charge is 0.506 e. The lowest BCUT2D eigenvalue weighted by Gasteiger charge is -1.95. The first-order valence-electron chi connectivity index (χ1n) is 4.76. The molecule has 0 heterocycles. The molecule has 18 heavy (non-hydrogen) atoms. The van der Waals surface area contributed by atoms with Crippen molar-refractivity contribution < 1.29 is 24.8 Å². The van der Waals surface area contributed by atoms with Crippen LogP contribution in [0.15, 0.2) is 36.4 Å². The van der Waals surface area contributed by atoms with Crippen LogP contribution in [0.4, 0.5) is 4.39 Å². The van der Waals surface area contributed by atoms with Gasteiger partial charge in [0.2, 0.25) is 5.82 Å². The van der Waals surface area contributed by atoms with Gasteiger partial charge >= 0.3 is 0 Å². The van der Waals surface area contributed by atoms with Crippen molar-refractivity contribution in [2.75, 3.05) is 0 Å². The quantitative estimate of drug-likeness (QED) is 0.594. The van der Waals surface area contributed by atoms with Gasteiger partial charge in [-0.25, -0.2) is 0 Å². The molecule has 4 N–H and O–H groups in total. The number of halogens is 2. The van der Waals surface area contributed by atoms with E-state index in [0.717, 1.165) is 12.1 Å². The van der Waals surface area contributed by atoms with Gasteiger partial charge in [0.15, 0.2) is 11.5 Å². The number of phenolic OH excluding ortho intramolecular Hbond substituents is 4. The Bertz CT molecular complexity index is 456. The second-order valence-corrected chi connectivity index (χ2v) is 3.60. The van der Waals surface area contributed by atoms with Crippen LogP contribution in [0.3, 0.4) is 0 Å². The summed E-state index contributed by atoms with van der Waals surface area (Å²) in [5.41, 5.74) is 0. The maximum absolute atomic E-state index is 12.2. The molecular formula is C12H10ClFO4. The Hall–Kier alpha value is -2.14. The topological polar surface area (TPSA) is 80.9 Å². The first-order valence-corrected chi connectivity index (χ1v) is 5.14. The lowest BCUT2D eigenvalue weighted by molar-refractivity contribution is 0.389. The van der Waals surface area contributed by atoms with Crippen molar-refractivity contribution >= 4 is 11.6 Å². The average Bonchev–Trinajstić information content (AvgIpc) is 2.34. The number of hydrogen-bond acceptors (Lipinski definition) is 4. The van der Waals surface area contributed by atoms with E-state index in [1.165, 1.54) is 24.3 Å². The molecule has 0 aromatic heterocycles. The second-order valence-electron chi connectivity index (χ2n) is 3.22. The van der Waals surface area contributed by atoms with Gasteiger partial charge in [-0.15, -0.1) is 0 Å². The Kier molecular flexibility index (Phi) is 4.62. The summed E-state index contributed by atoms with van der Waals surface area (Å²) in [6.45, 7) is 0. The van der Waals surface area contributed by atoms with E-state index in [1.807, 2.05) is 0 Å². The van der Waals surface area contributed by atoms with E-state index in [0.29, 0.717) is 0 Å². The highest BCUT2D eigenvalue weighted by atomic mass is 35.5. The van der Waals surface area contributed by atoms with Gasteiger partial charge in [-0.05, 0) is 24.3 Å². The van der Waals surface area contributed by atoms with Gasteiger partial charge in [-0.3, -0.25) is 0 Å². The predicted molar refractivity (Wildman–Crippen MR) is 64.5 cm³/mol. The van der Waals surface area contributed by atoms with Crippen LogP contribution in [0.5, 0.6) is 23.0 Å². The molecule has 0 aliphatic heterocycles. The summed E-state index contributed by atoms with van der Waals surface area (Å²) < 4.78 is 12.2. The van der Waals surface area contributed by atoms with Gasteiger partial charge in [0, 0.05) is 0 Å². The van der Waals surface area contributed by atoms with Gasteiger partial charge < -0.3 is 20.4 Å². The van der Waals surface area contributed by atoms with Gasteiger partial charge in [0.1, 0.15) is 16.5 Å². The SMILES string of the molecule is Oc1cccc(O)c1Cl.Oc1cccc(O)c1F. The maximum Gasteiger partial charge on any atom is 0.206 e. The Labute approximate surface area is 107 Å². The molecule has 0 amide bonds. The number of benzene rings is 2. The average molecular weight is 273 g/mol. The number of aromatic hydroxyl groups is 4. The van der Waals surface area contributed by atoms with Crippen LogP contribution < -0.4 is 0 Å². The summed E-state index contributed by atoms with van der Waals surface area (Å²) in [5.74, 6) is -2.24. The molecule has 0 fully saturated rings. The highest BCUT2D eigenvalue weighted by molar-refractivity contribution is 6.33. The van der Waals surface area contributed by atoms with Gasteiger partial charge in [0.25, 0.3) is 0 Å². The summed E-state index contributed by atoms with van der Waals surface area (Å²) in [7, 11) is 0. The van der Waals surface area contributed by atoms with Gasteiger partial charge in [0.05, 0.1) is 0 Å². The molecule has 0 spiro atoms. The molecule has 96 valence electrons. The van der Waals surface area contributed by atoms with Crippen LogP contribution in [0.2, 0.25) is 5.02 Å². The summed E-state index contributed by atoms with van der Waals surface area (Å²) in [6.07, 6.45) is 0. The molecule has 0 aliphatic rings. The van der Waals surface area contributed by atoms with E-state index in [9.17, 15) is 4.39 Å². The van der Waals surface area contributed by atoms with E-state index in [1.54, 1.807) is 0 Å². The normalized spacial score (nSPS) is 9.44. The van der Waals surface area contributed by atoms with Crippen LogP contribution in [-0.2, 0) is 0 Å². The minimum Gasteiger partial charge on any atom is -0.506 e. The molecule has 0 aliphatic carbocycles. The Morgan fingerprint density at radius 2 is 1.06 bits per heavy atom. The van der Waals surface area contributed by atoms with Crippen LogP contribution in [0.1, 0.15) is 0 Å². The molecule has 0 radical (unpaired) electrons. The molecule has 2 aromatic rings. The third kappa shape index (κ3) is 3.43. The second kappa shape index (κ2) is 5.97. The van der Waals surface area contributed by atoms with E-state index in [2.05, 4.69) is 0 Å². The molecular weight excluding hydrogens is 263 g/mol. The smallest absolute Gasteiger partial charge is 0.206 e. The molecule has 6 heteroatoms. The molecule has 0 saturated carbocycles. The molecule has 2 rings (SSSR count). The standard InChI is InChI=1S/C6H5ClO2.C6H5FO2/c2*7-6-4(8)2-1-3-5(6)9/h2*1-3,8-9H. The van der Waals surface area contributed by atoms with Gasteiger partial charge in [-0.2, -0.15) is 4.39 Å². The lowest BCUT2D eigenvalue weighted by atomic mass is 10.3. The zero-order valence-corrected chi connectivity index (χ0v) is 9.76. The van der Waals surface area contributed by atoms with Crippen molar-refractivity contribution in [2.24, 2.45) is 0 Å². The fraction of sp³-hybridized carbons (Fsp3) is 0. The fourth-order valence-corrected chi connectivity index (χ4v) is 1.14. The van der Waals surface area contributed by atoms with Crippen LogP contribution >= 0.6 is 11.6 Å². The summed E-state index contributed by atoms with van der Waals surface area (Å²) >= 11 is 5.38. The van der Waals surface area contributed by atoms with Crippen molar-refractivity contribution in [2.45, 2.75) is 0 Å². The molecule has 2 aromatic carbocycles. The van der Waals surface area contributed by atoms with Crippen molar-refractivity contribution in [3.05, 3.63) is 47.2 Å². The van der Waals surface area contributed by atoms with E-state index < -0.39 is 17.3 Å². The predicted octanol–water partition coefficient (Wildman–Crippen LogP) is 2.99. The van der Waals surface area contributed by atoms with Crippen molar-refractivity contribution in [1.82, 2.24) is 0 Å². The highest BCUT2D eigenvalue weighted by Crippen LogP contribution is 2.30. The molecule has 0 unspecified atom stereocenters. The minimum atomic E-state index is -0.975. The molecule has 0 atom stereocenters. The zero-order valence-electron chi connectivity index (χ0n) is 9.01. The molecule has 0 bridgehead atoms.